The molecule has 302 valence electrons. The molecule has 6 unspecified atom stereocenters. The van der Waals surface area contributed by atoms with Crippen LogP contribution in [0.5, 0.6) is 0 Å². The second-order valence-electron chi connectivity index (χ2n) is 14.8. The number of ether oxygens (including phenoxy) is 4. The second kappa shape index (κ2) is 33.3. The first-order valence-corrected chi connectivity index (χ1v) is 21.1. The first-order valence-electron chi connectivity index (χ1n) is 21.1. The standard InChI is InChI=1S/C41H78O10/c1-3-5-7-9-11-13-14-15-16-17-18-19-20-21-22-24-26-28-30-37(44)50-34(32-48-36(43)29-27-25-23-12-10-8-6-4-2)33-49-41-40(47)39(46)38(45)35(31-42)51-41/h34-35,38-42,45-47H,3-33H2,1-2H3. The summed E-state index contributed by atoms with van der Waals surface area (Å²) >= 11 is 0. The monoisotopic (exact) mass is 731 g/mol. The van der Waals surface area contributed by atoms with E-state index in [2.05, 4.69) is 13.8 Å². The van der Waals surface area contributed by atoms with Crippen LogP contribution in [0, 0.1) is 0 Å². The number of unbranched alkanes of at least 4 members (excludes halogenated alkanes) is 24. The van der Waals surface area contributed by atoms with Gasteiger partial charge in [0.1, 0.15) is 31.0 Å². The summed E-state index contributed by atoms with van der Waals surface area (Å²) in [5, 5.41) is 39.9. The third kappa shape index (κ3) is 25.4. The van der Waals surface area contributed by atoms with Gasteiger partial charge in [0, 0.05) is 12.8 Å². The lowest BCUT2D eigenvalue weighted by Gasteiger charge is -2.39. The van der Waals surface area contributed by atoms with Crippen LogP contribution in [0.4, 0.5) is 0 Å². The van der Waals surface area contributed by atoms with Crippen LogP contribution in [-0.2, 0) is 28.5 Å². The van der Waals surface area contributed by atoms with Gasteiger partial charge in [0.2, 0.25) is 0 Å². The summed E-state index contributed by atoms with van der Waals surface area (Å²) in [6.45, 7) is 3.40. The highest BCUT2D eigenvalue weighted by molar-refractivity contribution is 5.70. The van der Waals surface area contributed by atoms with Crippen LogP contribution in [0.1, 0.15) is 194 Å². The number of rotatable bonds is 35. The zero-order chi connectivity index (χ0) is 37.4. The van der Waals surface area contributed by atoms with Crippen molar-refractivity contribution in [3.05, 3.63) is 0 Å². The molecule has 0 radical (unpaired) electrons. The molecule has 4 N–H and O–H groups in total. The Hall–Kier alpha value is -1.30. The molecule has 1 aliphatic rings. The Morgan fingerprint density at radius 3 is 1.33 bits per heavy atom. The number of carbonyl (C=O) groups is 2. The highest BCUT2D eigenvalue weighted by Gasteiger charge is 2.44. The lowest BCUT2D eigenvalue weighted by molar-refractivity contribution is -0.305. The molecule has 1 aliphatic heterocycles. The molecule has 6 atom stereocenters. The summed E-state index contributed by atoms with van der Waals surface area (Å²) in [5.74, 6) is -0.800. The maximum atomic E-state index is 12.7. The van der Waals surface area contributed by atoms with Gasteiger partial charge in [0.15, 0.2) is 12.4 Å². The predicted molar refractivity (Wildman–Crippen MR) is 201 cm³/mol. The summed E-state index contributed by atoms with van der Waals surface area (Å²) in [7, 11) is 0. The van der Waals surface area contributed by atoms with Gasteiger partial charge in [0.25, 0.3) is 0 Å². The molecule has 1 saturated heterocycles. The Bertz CT molecular complexity index is 809. The molecule has 0 aromatic rings. The van der Waals surface area contributed by atoms with E-state index in [4.69, 9.17) is 18.9 Å². The first-order chi connectivity index (χ1) is 24.8. The van der Waals surface area contributed by atoms with Crippen LogP contribution in [-0.4, -0.2) is 89.0 Å². The van der Waals surface area contributed by atoms with E-state index in [1.165, 1.54) is 122 Å². The van der Waals surface area contributed by atoms with Gasteiger partial charge in [-0.15, -0.1) is 0 Å². The van der Waals surface area contributed by atoms with Gasteiger partial charge in [0.05, 0.1) is 13.2 Å². The quantitative estimate of drug-likeness (QED) is 0.0371. The number of aliphatic hydroxyl groups excluding tert-OH is 4. The summed E-state index contributed by atoms with van der Waals surface area (Å²) in [6.07, 6.45) is 24.1. The van der Waals surface area contributed by atoms with Crippen LogP contribution >= 0.6 is 0 Å². The van der Waals surface area contributed by atoms with Gasteiger partial charge in [-0.25, -0.2) is 0 Å². The third-order valence-corrected chi connectivity index (χ3v) is 9.99. The molecule has 1 heterocycles. The zero-order valence-corrected chi connectivity index (χ0v) is 32.6. The average Bonchev–Trinajstić information content (AvgIpc) is 3.13. The maximum absolute atomic E-state index is 12.7. The summed E-state index contributed by atoms with van der Waals surface area (Å²) in [4.78, 5) is 25.1. The van der Waals surface area contributed by atoms with Crippen LogP contribution in [0.2, 0.25) is 0 Å². The molecule has 0 aromatic heterocycles. The van der Waals surface area contributed by atoms with E-state index in [0.29, 0.717) is 6.42 Å². The fourth-order valence-corrected chi connectivity index (χ4v) is 6.60. The summed E-state index contributed by atoms with van der Waals surface area (Å²) < 4.78 is 22.1. The molecule has 0 spiro atoms. The molecule has 10 heteroatoms. The minimum Gasteiger partial charge on any atom is -0.462 e. The first kappa shape index (κ1) is 47.7. The predicted octanol–water partition coefficient (Wildman–Crippen LogP) is 8.22. The van der Waals surface area contributed by atoms with E-state index < -0.39 is 49.4 Å². The SMILES string of the molecule is CCCCCCCCCCCCCCCCCCCCC(=O)OC(COC(=O)CCCCCCCCCC)COC1OC(CO)C(O)C(O)C1O. The average molecular weight is 731 g/mol. The van der Waals surface area contributed by atoms with Gasteiger partial charge < -0.3 is 39.4 Å². The molecule has 0 saturated carbocycles. The van der Waals surface area contributed by atoms with Crippen molar-refractivity contribution in [2.24, 2.45) is 0 Å². The molecule has 10 nitrogen and oxygen atoms in total. The Labute approximate surface area is 310 Å². The van der Waals surface area contributed by atoms with E-state index in [1.807, 2.05) is 0 Å². The van der Waals surface area contributed by atoms with Crippen molar-refractivity contribution in [1.82, 2.24) is 0 Å². The van der Waals surface area contributed by atoms with Crippen molar-refractivity contribution < 1.29 is 49.0 Å². The minimum absolute atomic E-state index is 0.210. The lowest BCUT2D eigenvalue weighted by Crippen LogP contribution is -2.59. The minimum atomic E-state index is -1.59. The van der Waals surface area contributed by atoms with Crippen LogP contribution in [0.25, 0.3) is 0 Å². The zero-order valence-electron chi connectivity index (χ0n) is 32.6. The van der Waals surface area contributed by atoms with Crippen molar-refractivity contribution in [2.75, 3.05) is 19.8 Å². The van der Waals surface area contributed by atoms with Gasteiger partial charge in [-0.05, 0) is 12.8 Å². The summed E-state index contributed by atoms with van der Waals surface area (Å²) in [6, 6.07) is 0. The van der Waals surface area contributed by atoms with Crippen LogP contribution in [0.15, 0.2) is 0 Å². The number of esters is 2. The largest absolute Gasteiger partial charge is 0.462 e. The molecular formula is C41H78O10. The highest BCUT2D eigenvalue weighted by atomic mass is 16.7. The molecule has 1 rings (SSSR count). The molecule has 0 aliphatic carbocycles. The van der Waals surface area contributed by atoms with Crippen molar-refractivity contribution in [1.29, 1.82) is 0 Å². The van der Waals surface area contributed by atoms with Crippen molar-refractivity contribution >= 4 is 11.9 Å². The van der Waals surface area contributed by atoms with Gasteiger partial charge >= 0.3 is 11.9 Å². The third-order valence-electron chi connectivity index (χ3n) is 9.99. The smallest absolute Gasteiger partial charge is 0.306 e. The number of carbonyl (C=O) groups excluding carboxylic acids is 2. The number of hydrogen-bond donors (Lipinski definition) is 4. The Morgan fingerprint density at radius 2 is 0.922 bits per heavy atom. The Morgan fingerprint density at radius 1 is 0.529 bits per heavy atom. The fraction of sp³-hybridized carbons (Fsp3) is 0.951. The molecule has 0 amide bonds. The number of hydrogen-bond acceptors (Lipinski definition) is 10. The highest BCUT2D eigenvalue weighted by Crippen LogP contribution is 2.23. The summed E-state index contributed by atoms with van der Waals surface area (Å²) in [5.41, 5.74) is 0. The second-order valence-corrected chi connectivity index (χ2v) is 14.8. The molecule has 0 bridgehead atoms. The van der Waals surface area contributed by atoms with Crippen molar-refractivity contribution in [2.45, 2.75) is 230 Å². The van der Waals surface area contributed by atoms with E-state index in [-0.39, 0.29) is 32.0 Å². The van der Waals surface area contributed by atoms with Crippen molar-refractivity contribution in [3.8, 4) is 0 Å². The normalized spacial score (nSPS) is 21.1. The van der Waals surface area contributed by atoms with E-state index in [1.54, 1.807) is 0 Å². The topological polar surface area (TPSA) is 152 Å². The van der Waals surface area contributed by atoms with Gasteiger partial charge in [-0.1, -0.05) is 168 Å². The Balaban J connectivity index is 2.29. The molecule has 1 fully saturated rings. The van der Waals surface area contributed by atoms with Gasteiger partial charge in [-0.2, -0.15) is 0 Å². The van der Waals surface area contributed by atoms with Crippen LogP contribution in [0.3, 0.4) is 0 Å². The lowest BCUT2D eigenvalue weighted by atomic mass is 9.99. The van der Waals surface area contributed by atoms with Crippen LogP contribution < -0.4 is 0 Å². The van der Waals surface area contributed by atoms with E-state index in [9.17, 15) is 30.0 Å². The number of aliphatic hydroxyl groups is 4. The van der Waals surface area contributed by atoms with E-state index in [0.717, 1.165) is 38.5 Å². The Kier molecular flexibility index (Phi) is 31.1. The molecule has 0 aromatic carbocycles. The molecular weight excluding hydrogens is 652 g/mol. The fourth-order valence-electron chi connectivity index (χ4n) is 6.60. The van der Waals surface area contributed by atoms with Gasteiger partial charge in [-0.3, -0.25) is 9.59 Å². The van der Waals surface area contributed by atoms with E-state index >= 15 is 0 Å². The van der Waals surface area contributed by atoms with Crippen molar-refractivity contribution in [3.63, 3.8) is 0 Å². The molecule has 51 heavy (non-hydrogen) atoms. The maximum Gasteiger partial charge on any atom is 0.306 e.